The summed E-state index contributed by atoms with van der Waals surface area (Å²) in [4.78, 5) is 28.7. The Morgan fingerprint density at radius 3 is 2.56 bits per heavy atom. The lowest BCUT2D eigenvalue weighted by molar-refractivity contribution is -0.121. The van der Waals surface area contributed by atoms with Gasteiger partial charge in [-0.05, 0) is 36.1 Å². The highest BCUT2D eigenvalue weighted by Gasteiger charge is 2.20. The number of carbonyl (C=O) groups is 1. The van der Waals surface area contributed by atoms with Crippen molar-refractivity contribution in [3.05, 3.63) is 68.8 Å². The Balaban J connectivity index is 1.23. The Hall–Kier alpha value is -3.43. The standard InChI is InChI=1S/C25H26Cl2N6O3/c1-25(2,14-29-23-18-6-3-4-7-19(18)24(35)32-31-23)13-28-20(34)8-5-9-21-30-22(33-36-21)15-10-16(26)12-17(27)11-15/h3-4,6-7,10-12H,5,8-9,13-14H2,1-2H3,(H,28,34)(H,29,31)(H,32,35). The summed E-state index contributed by atoms with van der Waals surface area (Å²) in [5.41, 5.74) is 0.184. The fourth-order valence-electron chi connectivity index (χ4n) is 3.62. The van der Waals surface area contributed by atoms with E-state index in [1.165, 1.54) is 0 Å². The van der Waals surface area contributed by atoms with Gasteiger partial charge in [-0.15, -0.1) is 0 Å². The van der Waals surface area contributed by atoms with Crippen LogP contribution < -0.4 is 16.2 Å². The number of halogens is 2. The van der Waals surface area contributed by atoms with Crippen LogP contribution in [0.25, 0.3) is 22.2 Å². The Bertz CT molecular complexity index is 1410. The van der Waals surface area contributed by atoms with Gasteiger partial charge in [-0.2, -0.15) is 10.1 Å². The van der Waals surface area contributed by atoms with Crippen LogP contribution in [0.4, 0.5) is 5.82 Å². The van der Waals surface area contributed by atoms with Gasteiger partial charge in [0.25, 0.3) is 5.56 Å². The minimum Gasteiger partial charge on any atom is -0.368 e. The van der Waals surface area contributed by atoms with Crippen LogP contribution in [0.15, 0.2) is 51.8 Å². The minimum absolute atomic E-state index is 0.0583. The summed E-state index contributed by atoms with van der Waals surface area (Å²) in [6.45, 7) is 5.10. The number of fused-ring (bicyclic) bond motifs is 1. The second kappa shape index (κ2) is 11.1. The number of nitrogens with one attached hydrogen (secondary N) is 3. The van der Waals surface area contributed by atoms with Crippen LogP contribution >= 0.6 is 23.2 Å². The van der Waals surface area contributed by atoms with Crippen LogP contribution in [0.1, 0.15) is 32.6 Å². The van der Waals surface area contributed by atoms with E-state index >= 15 is 0 Å². The van der Waals surface area contributed by atoms with Crippen LogP contribution in [0.3, 0.4) is 0 Å². The molecule has 0 bridgehead atoms. The number of nitrogens with zero attached hydrogens (tertiary/aromatic N) is 3. The third-order valence-electron chi connectivity index (χ3n) is 5.58. The minimum atomic E-state index is -0.256. The summed E-state index contributed by atoms with van der Waals surface area (Å²) >= 11 is 12.1. The molecule has 11 heteroatoms. The first-order valence-electron chi connectivity index (χ1n) is 11.5. The fraction of sp³-hybridized carbons (Fsp3) is 0.320. The third-order valence-corrected chi connectivity index (χ3v) is 6.01. The summed E-state index contributed by atoms with van der Waals surface area (Å²) in [5, 5.41) is 19.2. The van der Waals surface area contributed by atoms with Crippen molar-refractivity contribution in [2.24, 2.45) is 5.41 Å². The predicted octanol–water partition coefficient (Wildman–Crippen LogP) is 4.86. The maximum atomic E-state index is 12.4. The number of benzene rings is 2. The summed E-state index contributed by atoms with van der Waals surface area (Å²) in [6.07, 6.45) is 1.37. The van der Waals surface area contributed by atoms with Gasteiger partial charge in [-0.25, -0.2) is 5.10 Å². The lowest BCUT2D eigenvalue weighted by Gasteiger charge is -2.25. The number of H-pyrrole nitrogens is 1. The largest absolute Gasteiger partial charge is 0.368 e. The Morgan fingerprint density at radius 2 is 1.81 bits per heavy atom. The van der Waals surface area contributed by atoms with Gasteiger partial charge in [0.15, 0.2) is 5.82 Å². The van der Waals surface area contributed by atoms with Crippen LogP contribution in [-0.4, -0.2) is 39.3 Å². The highest BCUT2D eigenvalue weighted by atomic mass is 35.5. The molecule has 1 amide bonds. The molecule has 0 fully saturated rings. The number of rotatable bonds is 10. The number of aromatic amines is 1. The first-order valence-corrected chi connectivity index (χ1v) is 12.2. The molecule has 9 nitrogen and oxygen atoms in total. The first-order chi connectivity index (χ1) is 17.2. The normalized spacial score (nSPS) is 11.6. The van der Waals surface area contributed by atoms with E-state index < -0.39 is 0 Å². The molecule has 188 valence electrons. The molecule has 0 unspecified atom stereocenters. The van der Waals surface area contributed by atoms with Gasteiger partial charge >= 0.3 is 0 Å². The van der Waals surface area contributed by atoms with Crippen molar-refractivity contribution < 1.29 is 9.32 Å². The van der Waals surface area contributed by atoms with Crippen molar-refractivity contribution in [1.82, 2.24) is 25.7 Å². The number of hydrogen-bond donors (Lipinski definition) is 3. The molecule has 2 aromatic heterocycles. The van der Waals surface area contributed by atoms with E-state index in [1.54, 1.807) is 24.3 Å². The number of aryl methyl sites for hydroxylation is 1. The van der Waals surface area contributed by atoms with Crippen molar-refractivity contribution in [2.45, 2.75) is 33.1 Å². The average Bonchev–Trinajstić information content (AvgIpc) is 3.31. The predicted molar refractivity (Wildman–Crippen MR) is 140 cm³/mol. The quantitative estimate of drug-likeness (QED) is 0.268. The molecule has 2 aromatic carbocycles. The molecular weight excluding hydrogens is 503 g/mol. The molecule has 4 rings (SSSR count). The second-order valence-corrected chi connectivity index (χ2v) is 10.1. The molecule has 0 saturated heterocycles. The van der Waals surface area contributed by atoms with Crippen molar-refractivity contribution in [3.63, 3.8) is 0 Å². The lowest BCUT2D eigenvalue weighted by atomic mass is 9.93. The smallest absolute Gasteiger partial charge is 0.272 e. The zero-order valence-electron chi connectivity index (χ0n) is 19.9. The van der Waals surface area contributed by atoms with Crippen LogP contribution in [-0.2, 0) is 11.2 Å². The summed E-state index contributed by atoms with van der Waals surface area (Å²) in [6, 6.07) is 12.3. The van der Waals surface area contributed by atoms with Crippen molar-refractivity contribution in [3.8, 4) is 11.4 Å². The van der Waals surface area contributed by atoms with Crippen molar-refractivity contribution in [1.29, 1.82) is 0 Å². The monoisotopic (exact) mass is 528 g/mol. The third kappa shape index (κ3) is 6.61. The second-order valence-electron chi connectivity index (χ2n) is 9.26. The van der Waals surface area contributed by atoms with Gasteiger partial charge < -0.3 is 15.2 Å². The molecule has 4 aromatic rings. The van der Waals surface area contributed by atoms with Crippen LogP contribution in [0, 0.1) is 5.41 Å². The molecule has 0 atom stereocenters. The number of hydrogen-bond acceptors (Lipinski definition) is 7. The Kier molecular flexibility index (Phi) is 7.91. The summed E-state index contributed by atoms with van der Waals surface area (Å²) in [5.74, 6) is 1.39. The van der Waals surface area contributed by atoms with E-state index in [0.29, 0.717) is 70.9 Å². The first kappa shape index (κ1) is 25.7. The Labute approximate surface area is 217 Å². The maximum Gasteiger partial charge on any atom is 0.272 e. The zero-order valence-corrected chi connectivity index (χ0v) is 21.4. The molecule has 0 aliphatic rings. The van der Waals surface area contributed by atoms with Gasteiger partial charge in [0.2, 0.25) is 17.6 Å². The van der Waals surface area contributed by atoms with E-state index in [9.17, 15) is 9.59 Å². The van der Waals surface area contributed by atoms with E-state index in [-0.39, 0.29) is 16.9 Å². The van der Waals surface area contributed by atoms with Gasteiger partial charge in [0, 0.05) is 46.9 Å². The summed E-state index contributed by atoms with van der Waals surface area (Å²) < 4.78 is 5.29. The molecule has 0 aliphatic heterocycles. The molecule has 36 heavy (non-hydrogen) atoms. The molecule has 0 saturated carbocycles. The van der Waals surface area contributed by atoms with E-state index in [0.717, 1.165) is 5.39 Å². The zero-order chi connectivity index (χ0) is 25.7. The number of carbonyl (C=O) groups excluding carboxylic acids is 1. The van der Waals surface area contributed by atoms with Crippen LogP contribution in [0.2, 0.25) is 10.0 Å². The lowest BCUT2D eigenvalue weighted by Crippen LogP contribution is -2.38. The molecule has 3 N–H and O–H groups in total. The van der Waals surface area contributed by atoms with E-state index in [1.807, 2.05) is 32.0 Å². The topological polar surface area (TPSA) is 126 Å². The molecular formula is C25H26Cl2N6O3. The van der Waals surface area contributed by atoms with E-state index in [4.69, 9.17) is 27.7 Å². The van der Waals surface area contributed by atoms with Crippen molar-refractivity contribution >= 4 is 45.7 Å². The maximum absolute atomic E-state index is 12.4. The van der Waals surface area contributed by atoms with Gasteiger partial charge in [-0.1, -0.05) is 60.4 Å². The highest BCUT2D eigenvalue weighted by molar-refractivity contribution is 6.35. The number of aromatic nitrogens is 4. The number of anilines is 1. The van der Waals surface area contributed by atoms with Gasteiger partial charge in [-0.3, -0.25) is 9.59 Å². The van der Waals surface area contributed by atoms with E-state index in [2.05, 4.69) is 31.0 Å². The highest BCUT2D eigenvalue weighted by Crippen LogP contribution is 2.25. The van der Waals surface area contributed by atoms with Crippen LogP contribution in [0.5, 0.6) is 0 Å². The SMILES string of the molecule is CC(C)(CNC(=O)CCCc1nc(-c2cc(Cl)cc(Cl)c2)no1)CNc1n[nH]c(=O)c2ccccc12. The summed E-state index contributed by atoms with van der Waals surface area (Å²) in [7, 11) is 0. The number of amides is 1. The van der Waals surface area contributed by atoms with Gasteiger partial charge in [0.05, 0.1) is 5.39 Å². The average molecular weight is 529 g/mol. The molecule has 0 aliphatic carbocycles. The molecule has 0 radical (unpaired) electrons. The Morgan fingerprint density at radius 1 is 1.08 bits per heavy atom. The molecule has 2 heterocycles. The van der Waals surface area contributed by atoms with Crippen molar-refractivity contribution in [2.75, 3.05) is 18.4 Å². The van der Waals surface area contributed by atoms with Gasteiger partial charge in [0.1, 0.15) is 0 Å². The fourth-order valence-corrected chi connectivity index (χ4v) is 4.14. The molecule has 0 spiro atoms.